The second kappa shape index (κ2) is 6.59. The topological polar surface area (TPSA) is 68.5 Å². The molecule has 1 aromatic rings. The summed E-state index contributed by atoms with van der Waals surface area (Å²) in [4.78, 5) is 13.5. The molecule has 0 fully saturated rings. The number of carbonyl (C=O) groups excluding carboxylic acids is 1. The predicted octanol–water partition coefficient (Wildman–Crippen LogP) is 3.43. The van der Waals surface area contributed by atoms with E-state index in [1.54, 1.807) is 6.07 Å². The summed E-state index contributed by atoms with van der Waals surface area (Å²) in [5, 5.41) is 12.9. The Balaban J connectivity index is 2.29. The van der Waals surface area contributed by atoms with Crippen LogP contribution in [0.5, 0.6) is 0 Å². The predicted molar refractivity (Wildman–Crippen MR) is 92.9 cm³/mol. The third-order valence-corrected chi connectivity index (χ3v) is 4.71. The van der Waals surface area contributed by atoms with Gasteiger partial charge in [0.2, 0.25) is 0 Å². The first-order valence-corrected chi connectivity index (χ1v) is 7.90. The number of nitrogens with one attached hydrogen (secondary N) is 1. The fourth-order valence-electron chi connectivity index (χ4n) is 2.99. The normalized spacial score (nSPS) is 19.3. The van der Waals surface area contributed by atoms with Gasteiger partial charge in [-0.05, 0) is 43.9 Å². The maximum atomic E-state index is 11.2. The van der Waals surface area contributed by atoms with Crippen LogP contribution in [0.2, 0.25) is 5.02 Å². The molecule has 0 aromatic heterocycles. The molecule has 5 nitrogen and oxygen atoms in total. The van der Waals surface area contributed by atoms with Crippen LogP contribution < -0.4 is 10.3 Å². The zero-order valence-electron chi connectivity index (χ0n) is 13.9. The lowest BCUT2D eigenvalue weighted by atomic mass is 9.80. The molecule has 1 aliphatic rings. The second-order valence-corrected chi connectivity index (χ2v) is 6.94. The van der Waals surface area contributed by atoms with Crippen molar-refractivity contribution >= 4 is 29.4 Å². The number of halogens is 1. The highest BCUT2D eigenvalue weighted by atomic mass is 35.5. The van der Waals surface area contributed by atoms with E-state index < -0.39 is 5.91 Å². The zero-order chi connectivity index (χ0) is 17.2. The number of hydrogen-bond donors (Lipinski definition) is 1. The number of hydrazone groups is 1. The molecule has 0 spiro atoms. The highest BCUT2D eigenvalue weighted by Gasteiger charge is 2.34. The van der Waals surface area contributed by atoms with Gasteiger partial charge in [-0.15, -0.1) is 0 Å². The summed E-state index contributed by atoms with van der Waals surface area (Å²) in [6.45, 7) is 6.65. The molecule has 1 heterocycles. The molecule has 0 radical (unpaired) electrons. The van der Waals surface area contributed by atoms with Crippen LogP contribution >= 0.6 is 11.6 Å². The minimum absolute atomic E-state index is 0.0800. The average molecular weight is 333 g/mol. The van der Waals surface area contributed by atoms with Crippen molar-refractivity contribution in [2.75, 3.05) is 11.9 Å². The summed E-state index contributed by atoms with van der Waals surface area (Å²) in [6.07, 6.45) is 2.35. The van der Waals surface area contributed by atoms with Crippen LogP contribution in [-0.4, -0.2) is 24.7 Å². The number of benzene rings is 1. The summed E-state index contributed by atoms with van der Waals surface area (Å²) in [7, 11) is 2.08. The summed E-state index contributed by atoms with van der Waals surface area (Å²) < 4.78 is 0. The van der Waals surface area contributed by atoms with E-state index in [0.717, 1.165) is 17.7 Å². The molecule has 1 aromatic carbocycles. The second-order valence-electron chi connectivity index (χ2n) is 6.54. The van der Waals surface area contributed by atoms with Crippen LogP contribution in [0.1, 0.15) is 50.7 Å². The molecule has 0 aliphatic carbocycles. The number of anilines is 1. The molecule has 2 rings (SSSR count). The number of rotatable bonds is 3. The fourth-order valence-corrected chi connectivity index (χ4v) is 3.20. The van der Waals surface area contributed by atoms with E-state index in [-0.39, 0.29) is 12.0 Å². The first-order valence-electron chi connectivity index (χ1n) is 7.52. The summed E-state index contributed by atoms with van der Waals surface area (Å²) in [6, 6.07) is 5.74. The molecular formula is C17H21ClN4O. The smallest absolute Gasteiger partial charge is 0.254 e. The molecule has 122 valence electrons. The lowest BCUT2D eigenvalue weighted by Crippen LogP contribution is -2.45. The molecule has 0 bridgehead atoms. The molecule has 1 atom stereocenters. The largest absolute Gasteiger partial charge is 0.369 e. The molecule has 0 saturated carbocycles. The van der Waals surface area contributed by atoms with Crippen LogP contribution in [0, 0.1) is 11.3 Å². The van der Waals surface area contributed by atoms with Gasteiger partial charge in [-0.2, -0.15) is 10.4 Å². The number of carbonyl (C=O) groups is 1. The first kappa shape index (κ1) is 17.3. The third kappa shape index (κ3) is 3.65. The van der Waals surface area contributed by atoms with E-state index in [1.165, 1.54) is 11.8 Å². The lowest BCUT2D eigenvalue weighted by Gasteiger charge is -2.45. The van der Waals surface area contributed by atoms with Gasteiger partial charge < -0.3 is 4.90 Å². The van der Waals surface area contributed by atoms with Gasteiger partial charge in [0.15, 0.2) is 0 Å². The lowest BCUT2D eigenvalue weighted by molar-refractivity contribution is -0.120. The number of nitriles is 1. The Labute approximate surface area is 141 Å². The molecule has 1 aliphatic heterocycles. The summed E-state index contributed by atoms with van der Waals surface area (Å²) in [5.74, 6) is -0.0264. The zero-order valence-corrected chi connectivity index (χ0v) is 14.6. The Kier molecular flexibility index (Phi) is 4.96. The van der Waals surface area contributed by atoms with E-state index in [0.29, 0.717) is 10.9 Å². The van der Waals surface area contributed by atoms with E-state index >= 15 is 0 Å². The van der Waals surface area contributed by atoms with Crippen molar-refractivity contribution in [2.24, 2.45) is 5.10 Å². The van der Waals surface area contributed by atoms with Gasteiger partial charge in [-0.1, -0.05) is 18.5 Å². The van der Waals surface area contributed by atoms with E-state index in [1.807, 2.05) is 12.1 Å². The Morgan fingerprint density at radius 1 is 1.61 bits per heavy atom. The van der Waals surface area contributed by atoms with Gasteiger partial charge in [0.1, 0.15) is 6.42 Å². The van der Waals surface area contributed by atoms with Crippen molar-refractivity contribution in [2.45, 2.75) is 45.1 Å². The van der Waals surface area contributed by atoms with Crippen LogP contribution in [0.4, 0.5) is 5.69 Å². The van der Waals surface area contributed by atoms with Crippen LogP contribution in [0.3, 0.4) is 0 Å². The van der Waals surface area contributed by atoms with Gasteiger partial charge in [0.05, 0.1) is 17.3 Å². The summed E-state index contributed by atoms with van der Waals surface area (Å²) in [5.41, 5.74) is 5.50. The molecule has 0 unspecified atom stereocenters. The maximum Gasteiger partial charge on any atom is 0.254 e. The Bertz CT molecular complexity index is 691. The highest BCUT2D eigenvalue weighted by Crippen LogP contribution is 2.43. The van der Waals surface area contributed by atoms with E-state index in [4.69, 9.17) is 16.9 Å². The molecule has 23 heavy (non-hydrogen) atoms. The first-order chi connectivity index (χ1) is 10.8. The Morgan fingerprint density at radius 2 is 2.30 bits per heavy atom. The molecule has 1 N–H and O–H groups in total. The van der Waals surface area contributed by atoms with Crippen LogP contribution in [0.15, 0.2) is 17.2 Å². The minimum atomic E-state index is -0.437. The minimum Gasteiger partial charge on any atom is -0.369 e. The van der Waals surface area contributed by atoms with Crippen LogP contribution in [-0.2, 0) is 4.79 Å². The fraction of sp³-hybridized carbons (Fsp3) is 0.471. The van der Waals surface area contributed by atoms with Crippen molar-refractivity contribution in [3.8, 4) is 6.07 Å². The van der Waals surface area contributed by atoms with E-state index in [9.17, 15) is 4.79 Å². The maximum absolute atomic E-state index is 11.2. The van der Waals surface area contributed by atoms with Gasteiger partial charge in [-0.25, -0.2) is 5.43 Å². The number of amides is 1. The van der Waals surface area contributed by atoms with Crippen molar-refractivity contribution in [3.05, 3.63) is 28.3 Å². The number of fused-ring (bicyclic) bond motifs is 1. The quantitative estimate of drug-likeness (QED) is 0.681. The van der Waals surface area contributed by atoms with Gasteiger partial charge >= 0.3 is 0 Å². The molecular weight excluding hydrogens is 312 g/mol. The number of nitrogens with zero attached hydrogens (tertiary/aromatic N) is 3. The Hall–Kier alpha value is -2.06. The monoisotopic (exact) mass is 332 g/mol. The standard InChI is InChI=1S/C17H21ClN4O/c1-11-9-17(2,3)22(4)15-8-14(18)12(7-13(11)15)10-20-21-16(23)5-6-19/h7-8,10-11H,5,9H2,1-4H3,(H,21,23)/b20-10-/t11-/m1/s1. The molecule has 0 saturated heterocycles. The van der Waals surface area contributed by atoms with Crippen molar-refractivity contribution in [1.82, 2.24) is 5.43 Å². The molecule has 1 amide bonds. The van der Waals surface area contributed by atoms with Crippen molar-refractivity contribution in [3.63, 3.8) is 0 Å². The third-order valence-electron chi connectivity index (χ3n) is 4.38. The van der Waals surface area contributed by atoms with Gasteiger partial charge in [0.25, 0.3) is 5.91 Å². The number of hydrogen-bond acceptors (Lipinski definition) is 4. The van der Waals surface area contributed by atoms with Gasteiger partial charge in [-0.3, -0.25) is 4.79 Å². The van der Waals surface area contributed by atoms with Crippen molar-refractivity contribution in [1.29, 1.82) is 5.26 Å². The SMILES string of the molecule is C[C@@H]1CC(C)(C)N(C)c2cc(Cl)c(/C=N\NC(=O)CC#N)cc21. The van der Waals surface area contributed by atoms with E-state index in [2.05, 4.69) is 43.2 Å². The van der Waals surface area contributed by atoms with Crippen molar-refractivity contribution < 1.29 is 4.79 Å². The Morgan fingerprint density at radius 3 is 2.96 bits per heavy atom. The van der Waals surface area contributed by atoms with Crippen LogP contribution in [0.25, 0.3) is 0 Å². The highest BCUT2D eigenvalue weighted by molar-refractivity contribution is 6.33. The summed E-state index contributed by atoms with van der Waals surface area (Å²) >= 11 is 6.36. The average Bonchev–Trinajstić information content (AvgIpc) is 2.46. The van der Waals surface area contributed by atoms with Gasteiger partial charge in [0, 0.05) is 23.8 Å². The molecule has 6 heteroatoms.